The lowest BCUT2D eigenvalue weighted by atomic mass is 9.72. The van der Waals surface area contributed by atoms with Gasteiger partial charge in [-0.1, -0.05) is 62.3 Å². The van der Waals surface area contributed by atoms with Crippen LogP contribution in [0.3, 0.4) is 0 Å². The molecule has 108 valence electrons. The van der Waals surface area contributed by atoms with Gasteiger partial charge in [-0.15, -0.1) is 0 Å². The maximum absolute atomic E-state index is 2.75. The summed E-state index contributed by atoms with van der Waals surface area (Å²) in [5.74, 6) is 0.822. The van der Waals surface area contributed by atoms with E-state index in [1.165, 1.54) is 12.8 Å². The third-order valence-corrected chi connectivity index (χ3v) is 1.97. The van der Waals surface area contributed by atoms with Crippen molar-refractivity contribution in [2.75, 3.05) is 14.1 Å². The van der Waals surface area contributed by atoms with E-state index >= 15 is 0 Å². The Morgan fingerprint density at radius 2 is 1.18 bits per heavy atom. The fourth-order valence-corrected chi connectivity index (χ4v) is 2.61. The molecule has 0 spiro atoms. The molecule has 0 aromatic rings. The molecule has 0 heterocycles. The highest BCUT2D eigenvalue weighted by atomic mass is 14.7. The lowest BCUT2D eigenvalue weighted by molar-refractivity contribution is 0.179. The van der Waals surface area contributed by atoms with Crippen molar-refractivity contribution in [3.05, 3.63) is 0 Å². The SMILES string of the molecule is CC.CC(C)CC(C)(C)CC(C)(C)C.CNC. The molecule has 0 bridgehead atoms. The van der Waals surface area contributed by atoms with Crippen molar-refractivity contribution < 1.29 is 0 Å². The van der Waals surface area contributed by atoms with Gasteiger partial charge < -0.3 is 5.32 Å². The van der Waals surface area contributed by atoms with Crippen LogP contribution in [0.5, 0.6) is 0 Å². The molecule has 0 aromatic heterocycles. The van der Waals surface area contributed by atoms with Gasteiger partial charge in [0.25, 0.3) is 0 Å². The van der Waals surface area contributed by atoms with Crippen LogP contribution in [0.2, 0.25) is 0 Å². The highest BCUT2D eigenvalue weighted by Gasteiger charge is 2.25. The Labute approximate surface area is 112 Å². The van der Waals surface area contributed by atoms with Crippen LogP contribution in [0.4, 0.5) is 0 Å². The first kappa shape index (κ1) is 22.2. The van der Waals surface area contributed by atoms with E-state index in [0.717, 1.165) is 5.92 Å². The highest BCUT2D eigenvalue weighted by Crippen LogP contribution is 2.37. The van der Waals surface area contributed by atoms with Crippen molar-refractivity contribution in [3.63, 3.8) is 0 Å². The normalized spacial score (nSPS) is 11.3. The van der Waals surface area contributed by atoms with Crippen molar-refractivity contribution in [1.82, 2.24) is 5.32 Å². The third kappa shape index (κ3) is 25.9. The van der Waals surface area contributed by atoms with E-state index in [-0.39, 0.29) is 0 Å². The molecule has 1 N–H and O–H groups in total. The summed E-state index contributed by atoms with van der Waals surface area (Å²) in [6.07, 6.45) is 2.66. The quantitative estimate of drug-likeness (QED) is 0.706. The van der Waals surface area contributed by atoms with Gasteiger partial charge in [-0.3, -0.25) is 0 Å². The number of hydrogen-bond acceptors (Lipinski definition) is 1. The maximum Gasteiger partial charge on any atom is -0.0167 e. The fourth-order valence-electron chi connectivity index (χ4n) is 2.61. The van der Waals surface area contributed by atoms with Crippen LogP contribution >= 0.6 is 0 Å². The predicted molar refractivity (Wildman–Crippen MR) is 83.6 cm³/mol. The largest absolute Gasteiger partial charge is 0.323 e. The number of nitrogens with one attached hydrogen (secondary N) is 1. The minimum absolute atomic E-state index is 0.471. The van der Waals surface area contributed by atoms with Crippen molar-refractivity contribution >= 4 is 0 Å². The van der Waals surface area contributed by atoms with Gasteiger partial charge in [-0.2, -0.15) is 0 Å². The van der Waals surface area contributed by atoms with Gasteiger partial charge in [-0.05, 0) is 43.7 Å². The van der Waals surface area contributed by atoms with Crippen LogP contribution in [0, 0.1) is 16.7 Å². The Morgan fingerprint density at radius 3 is 1.35 bits per heavy atom. The average Bonchev–Trinajstić information content (AvgIpc) is 2.01. The maximum atomic E-state index is 2.75. The molecule has 0 saturated carbocycles. The van der Waals surface area contributed by atoms with Gasteiger partial charge in [-0.25, -0.2) is 0 Å². The number of rotatable bonds is 3. The molecular formula is C16H39N. The molecule has 0 fully saturated rings. The molecule has 0 aliphatic heterocycles. The molecule has 0 amide bonds. The van der Waals surface area contributed by atoms with Crippen LogP contribution in [0.15, 0.2) is 0 Å². The lowest BCUT2D eigenvalue weighted by Crippen LogP contribution is -2.22. The van der Waals surface area contributed by atoms with Crippen LogP contribution in [-0.2, 0) is 0 Å². The van der Waals surface area contributed by atoms with Gasteiger partial charge in [0.05, 0.1) is 0 Å². The van der Waals surface area contributed by atoms with Crippen molar-refractivity contribution in [2.24, 2.45) is 16.7 Å². The second kappa shape index (κ2) is 11.1. The van der Waals surface area contributed by atoms with Crippen LogP contribution in [0.1, 0.15) is 75.2 Å². The minimum Gasteiger partial charge on any atom is -0.323 e. The Kier molecular flexibility index (Phi) is 14.4. The van der Waals surface area contributed by atoms with E-state index < -0.39 is 0 Å². The minimum atomic E-state index is 0.471. The zero-order valence-electron chi connectivity index (χ0n) is 14.5. The Morgan fingerprint density at radius 1 is 0.882 bits per heavy atom. The summed E-state index contributed by atoms with van der Waals surface area (Å²) in [6.45, 7) is 20.4. The molecule has 0 unspecified atom stereocenters. The van der Waals surface area contributed by atoms with Crippen LogP contribution in [0.25, 0.3) is 0 Å². The second-order valence-corrected chi connectivity index (χ2v) is 7.00. The topological polar surface area (TPSA) is 12.0 Å². The number of hydrogen-bond donors (Lipinski definition) is 1. The fraction of sp³-hybridized carbons (Fsp3) is 1.00. The first-order valence-electron chi connectivity index (χ1n) is 7.12. The van der Waals surface area contributed by atoms with Crippen molar-refractivity contribution in [2.45, 2.75) is 75.2 Å². The van der Waals surface area contributed by atoms with E-state index in [1.807, 2.05) is 27.9 Å². The van der Waals surface area contributed by atoms with Crippen LogP contribution < -0.4 is 5.32 Å². The van der Waals surface area contributed by atoms with Gasteiger partial charge in [0.15, 0.2) is 0 Å². The second-order valence-electron chi connectivity index (χ2n) is 7.00. The molecule has 0 rings (SSSR count). The monoisotopic (exact) mass is 245 g/mol. The standard InChI is InChI=1S/C12H26.C2H7N.C2H6/c1-10(2)8-12(6,7)9-11(3,4)5;1-3-2;1-2/h10H,8-9H2,1-7H3;3H,1-2H3;1-2H3. The van der Waals surface area contributed by atoms with Gasteiger partial charge >= 0.3 is 0 Å². The summed E-state index contributed by atoms with van der Waals surface area (Å²) < 4.78 is 0. The first-order chi connectivity index (χ1) is 7.54. The Hall–Kier alpha value is -0.0400. The molecule has 0 radical (unpaired) electrons. The smallest absolute Gasteiger partial charge is 0.0167 e. The summed E-state index contributed by atoms with van der Waals surface area (Å²) in [7, 11) is 3.75. The van der Waals surface area contributed by atoms with E-state index in [9.17, 15) is 0 Å². The molecule has 1 nitrogen and oxygen atoms in total. The molecule has 0 aliphatic rings. The predicted octanol–water partition coefficient (Wildman–Crippen LogP) is 5.36. The first-order valence-corrected chi connectivity index (χ1v) is 7.12. The van der Waals surface area contributed by atoms with Crippen molar-refractivity contribution in [1.29, 1.82) is 0 Å². The Bertz CT molecular complexity index is 140. The van der Waals surface area contributed by atoms with Crippen molar-refractivity contribution in [3.8, 4) is 0 Å². The molecule has 0 aromatic carbocycles. The molecule has 0 aliphatic carbocycles. The van der Waals surface area contributed by atoms with Crippen LogP contribution in [-0.4, -0.2) is 14.1 Å². The third-order valence-electron chi connectivity index (χ3n) is 1.97. The summed E-state index contributed by atoms with van der Waals surface area (Å²) in [5.41, 5.74) is 0.977. The zero-order valence-corrected chi connectivity index (χ0v) is 14.5. The van der Waals surface area contributed by atoms with E-state index in [0.29, 0.717) is 10.8 Å². The van der Waals surface area contributed by atoms with Gasteiger partial charge in [0.2, 0.25) is 0 Å². The lowest BCUT2D eigenvalue weighted by Gasteiger charge is -2.33. The highest BCUT2D eigenvalue weighted by molar-refractivity contribution is 4.77. The molecule has 0 saturated heterocycles. The molecule has 0 atom stereocenters. The molecular weight excluding hydrogens is 206 g/mol. The summed E-state index contributed by atoms with van der Waals surface area (Å²) in [6, 6.07) is 0. The summed E-state index contributed by atoms with van der Waals surface area (Å²) >= 11 is 0. The average molecular weight is 245 g/mol. The molecule has 17 heavy (non-hydrogen) atoms. The van der Waals surface area contributed by atoms with E-state index in [2.05, 4.69) is 53.8 Å². The molecule has 1 heteroatoms. The van der Waals surface area contributed by atoms with Gasteiger partial charge in [0.1, 0.15) is 0 Å². The zero-order chi connectivity index (χ0) is 14.7. The summed E-state index contributed by atoms with van der Waals surface area (Å²) in [5, 5.41) is 2.75. The Balaban J connectivity index is -0.000000337. The van der Waals surface area contributed by atoms with Gasteiger partial charge in [0, 0.05) is 0 Å². The van der Waals surface area contributed by atoms with E-state index in [4.69, 9.17) is 0 Å². The summed E-state index contributed by atoms with van der Waals surface area (Å²) in [4.78, 5) is 0. The van der Waals surface area contributed by atoms with E-state index in [1.54, 1.807) is 0 Å².